The average molecular weight is 258 g/mol. The summed E-state index contributed by atoms with van der Waals surface area (Å²) in [4.78, 5) is 4.23. The molecule has 1 N–H and O–H groups in total. The summed E-state index contributed by atoms with van der Waals surface area (Å²) in [5.74, 6) is 0. The Kier molecular flexibility index (Phi) is 3.74. The molecule has 1 unspecified atom stereocenters. The summed E-state index contributed by atoms with van der Waals surface area (Å²) < 4.78 is 7.59. The van der Waals surface area contributed by atoms with Crippen LogP contribution in [-0.2, 0) is 0 Å². The first kappa shape index (κ1) is 12.2. The van der Waals surface area contributed by atoms with Crippen molar-refractivity contribution in [3.8, 4) is 11.7 Å². The molecular formula is C14H18N4O. The second-order valence-electron chi connectivity index (χ2n) is 4.73. The molecule has 100 valence electrons. The van der Waals surface area contributed by atoms with E-state index >= 15 is 0 Å². The van der Waals surface area contributed by atoms with Crippen molar-refractivity contribution in [1.29, 1.82) is 0 Å². The van der Waals surface area contributed by atoms with Gasteiger partial charge in [0.15, 0.2) is 0 Å². The molecule has 5 heteroatoms. The van der Waals surface area contributed by atoms with Crippen LogP contribution in [0.5, 0.6) is 6.01 Å². The highest BCUT2D eigenvalue weighted by Crippen LogP contribution is 2.14. The highest BCUT2D eigenvalue weighted by molar-refractivity contribution is 5.29. The molecule has 1 atom stereocenters. The number of aromatic nitrogens is 3. The third kappa shape index (κ3) is 3.12. The van der Waals surface area contributed by atoms with E-state index in [0.717, 1.165) is 38.0 Å². The zero-order valence-corrected chi connectivity index (χ0v) is 10.8. The molecule has 5 nitrogen and oxygen atoms in total. The lowest BCUT2D eigenvalue weighted by atomic mass is 10.2. The minimum atomic E-state index is 0.224. The summed E-state index contributed by atoms with van der Waals surface area (Å²) in [6.45, 7) is 2.08. The Hall–Kier alpha value is -1.88. The fraction of sp³-hybridized carbons (Fsp3) is 0.429. The van der Waals surface area contributed by atoms with Gasteiger partial charge in [0.25, 0.3) is 0 Å². The molecule has 2 heterocycles. The maximum Gasteiger partial charge on any atom is 0.336 e. The van der Waals surface area contributed by atoms with Crippen LogP contribution < -0.4 is 10.1 Å². The van der Waals surface area contributed by atoms with Gasteiger partial charge in [0, 0.05) is 0 Å². The molecule has 1 aliphatic rings. The van der Waals surface area contributed by atoms with Gasteiger partial charge in [-0.2, -0.15) is 4.98 Å². The number of hydrogen-bond acceptors (Lipinski definition) is 4. The molecule has 0 aliphatic carbocycles. The maximum atomic E-state index is 5.85. The first-order chi connectivity index (χ1) is 9.42. The number of para-hydroxylation sites is 1. The normalized spacial score (nSPS) is 19.9. The number of hydrogen-bond donors (Lipinski definition) is 1. The Bertz CT molecular complexity index is 503. The average Bonchev–Trinajstić information content (AvgIpc) is 2.76. The van der Waals surface area contributed by atoms with Gasteiger partial charge in [-0.05, 0) is 44.5 Å². The van der Waals surface area contributed by atoms with Crippen molar-refractivity contribution >= 4 is 0 Å². The van der Waals surface area contributed by atoms with Gasteiger partial charge in [-0.15, -0.1) is 5.10 Å². The molecule has 1 saturated heterocycles. The Morgan fingerprint density at radius 1 is 1.16 bits per heavy atom. The van der Waals surface area contributed by atoms with Crippen LogP contribution in [0.3, 0.4) is 0 Å². The van der Waals surface area contributed by atoms with E-state index in [1.807, 2.05) is 30.3 Å². The smallest absolute Gasteiger partial charge is 0.336 e. The van der Waals surface area contributed by atoms with Gasteiger partial charge in [0.05, 0.1) is 5.69 Å². The van der Waals surface area contributed by atoms with E-state index in [9.17, 15) is 0 Å². The van der Waals surface area contributed by atoms with Gasteiger partial charge in [-0.1, -0.05) is 18.2 Å². The lowest BCUT2D eigenvalue weighted by molar-refractivity contribution is 0.171. The summed E-state index contributed by atoms with van der Waals surface area (Å²) in [6, 6.07) is 10.4. The molecule has 0 bridgehead atoms. The molecule has 1 aliphatic heterocycles. The van der Waals surface area contributed by atoms with E-state index in [-0.39, 0.29) is 6.10 Å². The molecule has 0 saturated carbocycles. The maximum absolute atomic E-state index is 5.85. The summed E-state index contributed by atoms with van der Waals surface area (Å²) in [7, 11) is 0. The van der Waals surface area contributed by atoms with Crippen molar-refractivity contribution in [2.24, 2.45) is 0 Å². The van der Waals surface area contributed by atoms with E-state index in [4.69, 9.17) is 4.74 Å². The Morgan fingerprint density at radius 3 is 2.95 bits per heavy atom. The third-order valence-electron chi connectivity index (χ3n) is 3.29. The van der Waals surface area contributed by atoms with Crippen molar-refractivity contribution in [3.05, 3.63) is 36.7 Å². The van der Waals surface area contributed by atoms with Crippen molar-refractivity contribution < 1.29 is 4.74 Å². The van der Waals surface area contributed by atoms with Crippen LogP contribution in [0, 0.1) is 0 Å². The second-order valence-corrected chi connectivity index (χ2v) is 4.73. The lowest BCUT2D eigenvalue weighted by Crippen LogP contribution is -2.19. The summed E-state index contributed by atoms with van der Waals surface area (Å²) in [6.07, 6.45) is 5.14. The molecule has 0 amide bonds. The van der Waals surface area contributed by atoms with Crippen LogP contribution >= 0.6 is 0 Å². The molecule has 1 aromatic carbocycles. The zero-order valence-electron chi connectivity index (χ0n) is 10.8. The van der Waals surface area contributed by atoms with Crippen LogP contribution in [-0.4, -0.2) is 34.0 Å². The largest absolute Gasteiger partial charge is 0.459 e. The lowest BCUT2D eigenvalue weighted by Gasteiger charge is -2.12. The Morgan fingerprint density at radius 2 is 2.05 bits per heavy atom. The molecule has 0 spiro atoms. The van der Waals surface area contributed by atoms with E-state index in [2.05, 4.69) is 15.4 Å². The molecule has 1 aromatic heterocycles. The molecule has 2 aromatic rings. The van der Waals surface area contributed by atoms with Crippen molar-refractivity contribution in [1.82, 2.24) is 20.1 Å². The molecule has 3 rings (SSSR count). The predicted molar refractivity (Wildman–Crippen MR) is 72.5 cm³/mol. The first-order valence-corrected chi connectivity index (χ1v) is 6.76. The van der Waals surface area contributed by atoms with Gasteiger partial charge in [-0.25, -0.2) is 4.68 Å². The number of nitrogens with zero attached hydrogens (tertiary/aromatic N) is 3. The van der Waals surface area contributed by atoms with E-state index in [1.54, 1.807) is 11.0 Å². The topological polar surface area (TPSA) is 52.0 Å². The monoisotopic (exact) mass is 258 g/mol. The van der Waals surface area contributed by atoms with Crippen LogP contribution in [0.2, 0.25) is 0 Å². The van der Waals surface area contributed by atoms with Crippen molar-refractivity contribution in [3.63, 3.8) is 0 Å². The Balaban J connectivity index is 1.68. The van der Waals surface area contributed by atoms with E-state index < -0.39 is 0 Å². The summed E-state index contributed by atoms with van der Waals surface area (Å²) in [5, 5.41) is 7.74. The SMILES string of the molecule is c1ccc(-n2cnc(OC3CCCNCC3)n2)cc1. The van der Waals surface area contributed by atoms with Crippen molar-refractivity contribution in [2.75, 3.05) is 13.1 Å². The van der Waals surface area contributed by atoms with Crippen LogP contribution in [0.25, 0.3) is 5.69 Å². The molecule has 19 heavy (non-hydrogen) atoms. The van der Waals surface area contributed by atoms with Crippen LogP contribution in [0.15, 0.2) is 36.7 Å². The highest BCUT2D eigenvalue weighted by atomic mass is 16.5. The summed E-state index contributed by atoms with van der Waals surface area (Å²) >= 11 is 0. The van der Waals surface area contributed by atoms with Crippen LogP contribution in [0.1, 0.15) is 19.3 Å². The van der Waals surface area contributed by atoms with Crippen LogP contribution in [0.4, 0.5) is 0 Å². The van der Waals surface area contributed by atoms with E-state index in [1.165, 1.54) is 0 Å². The fourth-order valence-corrected chi connectivity index (χ4v) is 2.26. The Labute approximate surface area is 112 Å². The van der Waals surface area contributed by atoms with Gasteiger partial charge >= 0.3 is 6.01 Å². The fourth-order valence-electron chi connectivity index (χ4n) is 2.26. The zero-order chi connectivity index (χ0) is 12.9. The van der Waals surface area contributed by atoms with Gasteiger partial charge < -0.3 is 10.1 Å². The molecule has 1 fully saturated rings. The predicted octanol–water partition coefficient (Wildman–Crippen LogP) is 1.79. The van der Waals surface area contributed by atoms with E-state index in [0.29, 0.717) is 6.01 Å². The van der Waals surface area contributed by atoms with Gasteiger partial charge in [-0.3, -0.25) is 0 Å². The number of ether oxygens (including phenoxy) is 1. The summed E-state index contributed by atoms with van der Waals surface area (Å²) in [5.41, 5.74) is 0.993. The van der Waals surface area contributed by atoms with Gasteiger partial charge in [0.2, 0.25) is 0 Å². The minimum absolute atomic E-state index is 0.224. The van der Waals surface area contributed by atoms with Gasteiger partial charge in [0.1, 0.15) is 12.4 Å². The third-order valence-corrected chi connectivity index (χ3v) is 3.29. The molecule has 0 radical (unpaired) electrons. The number of rotatable bonds is 3. The standard InChI is InChI=1S/C14H18N4O/c1-2-5-12(6-3-1)18-11-16-14(17-18)19-13-7-4-9-15-10-8-13/h1-3,5-6,11,13,15H,4,7-10H2. The number of benzene rings is 1. The first-order valence-electron chi connectivity index (χ1n) is 6.76. The number of nitrogens with one attached hydrogen (secondary N) is 1. The minimum Gasteiger partial charge on any atom is -0.459 e. The quantitative estimate of drug-likeness (QED) is 0.912. The molecular weight excluding hydrogens is 240 g/mol. The van der Waals surface area contributed by atoms with Crippen molar-refractivity contribution in [2.45, 2.75) is 25.4 Å². The second kappa shape index (κ2) is 5.84. The highest BCUT2D eigenvalue weighted by Gasteiger charge is 2.15.